The summed E-state index contributed by atoms with van der Waals surface area (Å²) in [5.41, 5.74) is 8.01. The van der Waals surface area contributed by atoms with Crippen LogP contribution in [0, 0.1) is 5.92 Å². The van der Waals surface area contributed by atoms with Gasteiger partial charge in [0.25, 0.3) is 0 Å². The molecule has 3 nitrogen and oxygen atoms in total. The van der Waals surface area contributed by atoms with Crippen LogP contribution in [-0.2, 0) is 6.54 Å². The lowest BCUT2D eigenvalue weighted by Gasteiger charge is -2.11. The molecule has 0 radical (unpaired) electrons. The first-order valence-corrected chi connectivity index (χ1v) is 6.32. The van der Waals surface area contributed by atoms with E-state index in [4.69, 9.17) is 5.73 Å². The van der Waals surface area contributed by atoms with Gasteiger partial charge in [0.1, 0.15) is 0 Å². The third kappa shape index (κ3) is 2.07. The van der Waals surface area contributed by atoms with Crippen LogP contribution >= 0.6 is 15.9 Å². The third-order valence-electron chi connectivity index (χ3n) is 2.93. The van der Waals surface area contributed by atoms with Crippen molar-refractivity contribution in [2.75, 3.05) is 5.73 Å². The third-order valence-corrected chi connectivity index (χ3v) is 3.42. The number of nitrogens with zero attached hydrogens (tertiary/aromatic N) is 2. The van der Waals surface area contributed by atoms with Gasteiger partial charge in [0.15, 0.2) is 0 Å². The minimum atomic E-state index is 0.605. The van der Waals surface area contributed by atoms with E-state index in [2.05, 4.69) is 45.4 Å². The van der Waals surface area contributed by atoms with Gasteiger partial charge in [-0.25, -0.2) is 4.98 Å². The second-order valence-electron chi connectivity index (χ2n) is 4.23. The molecule has 1 heterocycles. The monoisotopic (exact) mass is 281 g/mol. The van der Waals surface area contributed by atoms with Crippen molar-refractivity contribution >= 4 is 32.9 Å². The van der Waals surface area contributed by atoms with Gasteiger partial charge in [-0.2, -0.15) is 0 Å². The molecule has 0 saturated carbocycles. The Bertz CT molecular complexity index is 504. The van der Waals surface area contributed by atoms with E-state index < -0.39 is 0 Å². The smallest absolute Gasteiger partial charge is 0.201 e. The maximum Gasteiger partial charge on any atom is 0.201 e. The molecule has 0 saturated heterocycles. The molecule has 16 heavy (non-hydrogen) atoms. The minimum Gasteiger partial charge on any atom is -0.369 e. The number of rotatable bonds is 3. The van der Waals surface area contributed by atoms with E-state index >= 15 is 0 Å². The summed E-state index contributed by atoms with van der Waals surface area (Å²) < 4.78 is 3.13. The molecule has 0 aliphatic rings. The Morgan fingerprint density at radius 1 is 1.50 bits per heavy atom. The van der Waals surface area contributed by atoms with Crippen LogP contribution in [0.25, 0.3) is 11.0 Å². The van der Waals surface area contributed by atoms with Gasteiger partial charge in [0, 0.05) is 11.0 Å². The molecule has 0 spiro atoms. The van der Waals surface area contributed by atoms with E-state index in [1.165, 1.54) is 0 Å². The molecule has 1 unspecified atom stereocenters. The van der Waals surface area contributed by atoms with Crippen molar-refractivity contribution in [1.29, 1.82) is 0 Å². The van der Waals surface area contributed by atoms with E-state index in [-0.39, 0.29) is 0 Å². The van der Waals surface area contributed by atoms with Crippen LogP contribution in [-0.4, -0.2) is 9.55 Å². The highest BCUT2D eigenvalue weighted by atomic mass is 79.9. The Hall–Kier alpha value is -1.03. The normalized spacial score (nSPS) is 13.2. The molecular formula is C12H16BrN3. The Kier molecular flexibility index (Phi) is 3.19. The summed E-state index contributed by atoms with van der Waals surface area (Å²) in [6, 6.07) is 6.08. The summed E-state index contributed by atoms with van der Waals surface area (Å²) in [5, 5.41) is 0. The van der Waals surface area contributed by atoms with Gasteiger partial charge in [0.2, 0.25) is 5.95 Å². The molecule has 2 aromatic rings. The van der Waals surface area contributed by atoms with E-state index in [1.807, 2.05) is 12.1 Å². The highest BCUT2D eigenvalue weighted by Gasteiger charge is 2.10. The number of nitrogens with two attached hydrogens (primary N) is 1. The molecule has 1 aromatic heterocycles. The van der Waals surface area contributed by atoms with Gasteiger partial charge < -0.3 is 10.3 Å². The lowest BCUT2D eigenvalue weighted by atomic mass is 10.1. The summed E-state index contributed by atoms with van der Waals surface area (Å²) >= 11 is 3.44. The van der Waals surface area contributed by atoms with Gasteiger partial charge >= 0.3 is 0 Å². The van der Waals surface area contributed by atoms with Crippen LogP contribution in [0.5, 0.6) is 0 Å². The van der Waals surface area contributed by atoms with Crippen LogP contribution < -0.4 is 5.73 Å². The average molecular weight is 282 g/mol. The van der Waals surface area contributed by atoms with Crippen LogP contribution in [0.1, 0.15) is 20.3 Å². The maximum atomic E-state index is 5.94. The Morgan fingerprint density at radius 3 is 2.94 bits per heavy atom. The van der Waals surface area contributed by atoms with E-state index in [0.717, 1.165) is 28.5 Å². The summed E-state index contributed by atoms with van der Waals surface area (Å²) in [4.78, 5) is 4.37. The largest absolute Gasteiger partial charge is 0.369 e. The van der Waals surface area contributed by atoms with Crippen molar-refractivity contribution < 1.29 is 0 Å². The molecule has 2 N–H and O–H groups in total. The lowest BCUT2D eigenvalue weighted by Crippen LogP contribution is -2.09. The Morgan fingerprint density at radius 2 is 2.25 bits per heavy atom. The molecule has 1 aromatic carbocycles. The van der Waals surface area contributed by atoms with Crippen LogP contribution in [0.15, 0.2) is 22.7 Å². The molecule has 0 aliphatic carbocycles. The molecule has 0 aliphatic heterocycles. The summed E-state index contributed by atoms with van der Waals surface area (Å²) in [7, 11) is 0. The topological polar surface area (TPSA) is 43.8 Å². The number of nitrogen functional groups attached to an aromatic ring is 1. The number of imidazole rings is 1. The molecule has 0 fully saturated rings. The number of hydrogen-bond acceptors (Lipinski definition) is 2. The lowest BCUT2D eigenvalue weighted by molar-refractivity contribution is 0.479. The number of halogens is 1. The zero-order valence-corrected chi connectivity index (χ0v) is 11.2. The number of fused-ring (bicyclic) bond motifs is 1. The number of benzene rings is 1. The highest BCUT2D eigenvalue weighted by molar-refractivity contribution is 9.10. The molecule has 1 atom stereocenters. The van der Waals surface area contributed by atoms with Gasteiger partial charge in [-0.05, 0) is 24.1 Å². The van der Waals surface area contributed by atoms with E-state index in [9.17, 15) is 0 Å². The number of aromatic nitrogens is 2. The first kappa shape index (κ1) is 11.5. The molecule has 2 rings (SSSR count). The fourth-order valence-electron chi connectivity index (χ4n) is 1.75. The van der Waals surface area contributed by atoms with Crippen LogP contribution in [0.4, 0.5) is 5.95 Å². The van der Waals surface area contributed by atoms with Crippen molar-refractivity contribution in [3.8, 4) is 0 Å². The molecular weight excluding hydrogens is 266 g/mol. The number of hydrogen-bond donors (Lipinski definition) is 1. The Labute approximate surface area is 104 Å². The zero-order valence-electron chi connectivity index (χ0n) is 9.57. The predicted octanol–water partition coefficient (Wildman–Crippen LogP) is 3.43. The first-order valence-electron chi connectivity index (χ1n) is 5.53. The Balaban J connectivity index is 2.47. The van der Waals surface area contributed by atoms with Crippen molar-refractivity contribution in [3.05, 3.63) is 22.7 Å². The average Bonchev–Trinajstić information content (AvgIpc) is 2.54. The van der Waals surface area contributed by atoms with Gasteiger partial charge in [-0.15, -0.1) is 0 Å². The fourth-order valence-corrected chi connectivity index (χ4v) is 2.10. The minimum absolute atomic E-state index is 0.605. The fraction of sp³-hybridized carbons (Fsp3) is 0.417. The second-order valence-corrected chi connectivity index (χ2v) is 5.14. The highest BCUT2D eigenvalue weighted by Crippen LogP contribution is 2.23. The summed E-state index contributed by atoms with van der Waals surface area (Å²) in [6.07, 6.45) is 1.15. The second kappa shape index (κ2) is 4.45. The quantitative estimate of drug-likeness (QED) is 0.937. The molecule has 4 heteroatoms. The molecule has 86 valence electrons. The zero-order chi connectivity index (χ0) is 11.7. The van der Waals surface area contributed by atoms with E-state index in [0.29, 0.717) is 11.9 Å². The van der Waals surface area contributed by atoms with Gasteiger partial charge in [-0.1, -0.05) is 36.2 Å². The van der Waals surface area contributed by atoms with Crippen LogP contribution in [0.3, 0.4) is 0 Å². The van der Waals surface area contributed by atoms with Crippen molar-refractivity contribution in [3.63, 3.8) is 0 Å². The predicted molar refractivity (Wildman–Crippen MR) is 71.3 cm³/mol. The van der Waals surface area contributed by atoms with Gasteiger partial charge in [-0.3, -0.25) is 0 Å². The van der Waals surface area contributed by atoms with Crippen LogP contribution in [0.2, 0.25) is 0 Å². The number of anilines is 1. The summed E-state index contributed by atoms with van der Waals surface area (Å²) in [6.45, 7) is 5.35. The van der Waals surface area contributed by atoms with Crippen molar-refractivity contribution in [1.82, 2.24) is 9.55 Å². The molecule has 0 bridgehead atoms. The first-order chi connectivity index (χ1) is 7.61. The van der Waals surface area contributed by atoms with Crippen molar-refractivity contribution in [2.45, 2.75) is 26.8 Å². The van der Waals surface area contributed by atoms with Crippen molar-refractivity contribution in [2.24, 2.45) is 5.92 Å². The van der Waals surface area contributed by atoms with E-state index in [1.54, 1.807) is 0 Å². The van der Waals surface area contributed by atoms with Gasteiger partial charge in [0.05, 0.1) is 11.0 Å². The standard InChI is InChI=1S/C12H16BrN3/c1-3-8(2)7-16-11-5-4-9(13)6-10(11)15-12(16)14/h4-6,8H,3,7H2,1-2H3,(H2,14,15). The summed E-state index contributed by atoms with van der Waals surface area (Å²) in [5.74, 6) is 1.22. The molecule has 0 amide bonds. The maximum absolute atomic E-state index is 5.94. The SMILES string of the molecule is CCC(C)Cn1c(N)nc2cc(Br)ccc21.